The molecule has 5 heteroatoms. The van der Waals surface area contributed by atoms with Crippen molar-refractivity contribution in [3.8, 4) is 11.4 Å². The van der Waals surface area contributed by atoms with Gasteiger partial charge in [-0.25, -0.2) is 0 Å². The molecule has 1 aromatic carbocycles. The number of aromatic nitrogens is 3. The minimum atomic E-state index is 0.940. The van der Waals surface area contributed by atoms with Crippen molar-refractivity contribution >= 4 is 0 Å². The molecule has 0 amide bonds. The first-order valence-electron chi connectivity index (χ1n) is 9.24. The smallest absolute Gasteiger partial charge is 0.111 e. The molecule has 0 saturated heterocycles. The zero-order chi connectivity index (χ0) is 17.5. The first-order valence-corrected chi connectivity index (χ1v) is 9.24. The molecule has 0 fully saturated rings. The Morgan fingerprint density at radius 3 is 2.73 bits per heavy atom. The number of hydrogen-bond donors (Lipinski definition) is 0. The molecule has 5 nitrogen and oxygen atoms in total. The molecule has 0 atom stereocenters. The van der Waals surface area contributed by atoms with Crippen molar-refractivity contribution < 1.29 is 0 Å². The number of benzene rings is 1. The van der Waals surface area contributed by atoms with Crippen LogP contribution in [0, 0.1) is 0 Å². The van der Waals surface area contributed by atoms with Gasteiger partial charge in [-0.1, -0.05) is 24.3 Å². The highest BCUT2D eigenvalue weighted by Crippen LogP contribution is 2.25. The van der Waals surface area contributed by atoms with E-state index in [1.165, 1.54) is 22.4 Å². The Bertz CT molecular complexity index is 931. The lowest BCUT2D eigenvalue weighted by Crippen LogP contribution is -2.33. The van der Waals surface area contributed by atoms with Crippen LogP contribution in [0.3, 0.4) is 0 Å². The molecule has 0 unspecified atom stereocenters. The highest BCUT2D eigenvalue weighted by atomic mass is 15.3. The van der Waals surface area contributed by atoms with Crippen LogP contribution in [0.15, 0.2) is 48.7 Å². The number of nitrogens with zero attached hydrogens (tertiary/aromatic N) is 5. The molecule has 5 rings (SSSR count). The van der Waals surface area contributed by atoms with Crippen LogP contribution < -0.4 is 0 Å². The Morgan fingerprint density at radius 2 is 1.85 bits per heavy atom. The fourth-order valence-corrected chi connectivity index (χ4v) is 4.07. The Hall–Kier alpha value is -2.50. The number of fused-ring (bicyclic) bond motifs is 2. The summed E-state index contributed by atoms with van der Waals surface area (Å²) in [7, 11) is 2.19. The monoisotopic (exact) mass is 345 g/mol. The Labute approximate surface area is 153 Å². The lowest BCUT2D eigenvalue weighted by Gasteiger charge is -2.27. The molecule has 2 aliphatic heterocycles. The molecule has 0 spiro atoms. The molecule has 3 aromatic rings. The highest BCUT2D eigenvalue weighted by molar-refractivity contribution is 5.54. The minimum Gasteiger partial charge on any atom is -0.298 e. The zero-order valence-electron chi connectivity index (χ0n) is 15.1. The molecule has 0 bridgehead atoms. The first kappa shape index (κ1) is 15.7. The minimum absolute atomic E-state index is 0.940. The van der Waals surface area contributed by atoms with Gasteiger partial charge in [0.05, 0.1) is 17.9 Å². The second-order valence-electron chi connectivity index (χ2n) is 7.45. The zero-order valence-corrected chi connectivity index (χ0v) is 15.1. The van der Waals surface area contributed by atoms with Gasteiger partial charge in [0.1, 0.15) is 5.69 Å². The van der Waals surface area contributed by atoms with E-state index in [4.69, 9.17) is 5.10 Å². The predicted octanol–water partition coefficient (Wildman–Crippen LogP) is 2.91. The van der Waals surface area contributed by atoms with E-state index < -0.39 is 0 Å². The first-order chi connectivity index (χ1) is 12.7. The van der Waals surface area contributed by atoms with Crippen LogP contribution in [-0.2, 0) is 32.7 Å². The van der Waals surface area contributed by atoms with Gasteiger partial charge in [-0.15, -0.1) is 0 Å². The van der Waals surface area contributed by atoms with Crippen molar-refractivity contribution in [2.45, 2.75) is 32.7 Å². The van der Waals surface area contributed by atoms with E-state index in [1.807, 2.05) is 24.4 Å². The summed E-state index contributed by atoms with van der Waals surface area (Å²) < 4.78 is 2.14. The number of hydrogen-bond acceptors (Lipinski definition) is 4. The SMILES string of the molecule is CN1Cc2ccc(CN3CCn4nc(-c5ccccn5)cc4C3)cc2C1. The van der Waals surface area contributed by atoms with E-state index in [2.05, 4.69) is 50.8 Å². The van der Waals surface area contributed by atoms with Crippen molar-refractivity contribution in [2.75, 3.05) is 13.6 Å². The predicted molar refractivity (Wildman–Crippen MR) is 101 cm³/mol. The van der Waals surface area contributed by atoms with Crippen molar-refractivity contribution in [3.05, 3.63) is 71.0 Å². The molecule has 0 saturated carbocycles. The number of rotatable bonds is 3. The third kappa shape index (κ3) is 2.93. The summed E-state index contributed by atoms with van der Waals surface area (Å²) in [6.07, 6.45) is 1.82. The van der Waals surface area contributed by atoms with Crippen LogP contribution in [0.2, 0.25) is 0 Å². The summed E-state index contributed by atoms with van der Waals surface area (Å²) in [5.74, 6) is 0. The van der Waals surface area contributed by atoms with Crippen LogP contribution in [-0.4, -0.2) is 38.2 Å². The van der Waals surface area contributed by atoms with E-state index in [0.29, 0.717) is 0 Å². The van der Waals surface area contributed by atoms with Gasteiger partial charge in [0.15, 0.2) is 0 Å². The number of pyridine rings is 1. The molecular weight excluding hydrogens is 322 g/mol. The summed E-state index contributed by atoms with van der Waals surface area (Å²) in [6, 6.07) is 15.2. The molecule has 2 aromatic heterocycles. The molecule has 132 valence electrons. The van der Waals surface area contributed by atoms with Crippen LogP contribution >= 0.6 is 0 Å². The van der Waals surface area contributed by atoms with Gasteiger partial charge in [0.2, 0.25) is 0 Å². The molecule has 0 radical (unpaired) electrons. The van der Waals surface area contributed by atoms with Gasteiger partial charge in [-0.05, 0) is 41.9 Å². The summed E-state index contributed by atoms with van der Waals surface area (Å²) in [4.78, 5) is 9.31. The largest absolute Gasteiger partial charge is 0.298 e. The molecule has 0 N–H and O–H groups in total. The quantitative estimate of drug-likeness (QED) is 0.731. The lowest BCUT2D eigenvalue weighted by molar-refractivity contribution is 0.205. The maximum atomic E-state index is 4.74. The topological polar surface area (TPSA) is 37.2 Å². The third-order valence-corrected chi connectivity index (χ3v) is 5.36. The van der Waals surface area contributed by atoms with Crippen LogP contribution in [0.5, 0.6) is 0 Å². The average molecular weight is 345 g/mol. The molecule has 2 aliphatic rings. The lowest BCUT2D eigenvalue weighted by atomic mass is 10.1. The molecular formula is C21H23N5. The van der Waals surface area contributed by atoms with Crippen molar-refractivity contribution in [3.63, 3.8) is 0 Å². The fourth-order valence-electron chi connectivity index (χ4n) is 4.07. The van der Waals surface area contributed by atoms with Gasteiger partial charge < -0.3 is 0 Å². The normalized spacial score (nSPS) is 17.3. The fraction of sp³-hybridized carbons (Fsp3) is 0.333. The van der Waals surface area contributed by atoms with Crippen LogP contribution in [0.4, 0.5) is 0 Å². The summed E-state index contributed by atoms with van der Waals surface area (Å²) in [5, 5.41) is 4.74. The Morgan fingerprint density at radius 1 is 0.923 bits per heavy atom. The Kier molecular flexibility index (Phi) is 3.84. The highest BCUT2D eigenvalue weighted by Gasteiger charge is 2.20. The molecule has 4 heterocycles. The van der Waals surface area contributed by atoms with Gasteiger partial charge in [-0.2, -0.15) is 5.10 Å². The van der Waals surface area contributed by atoms with Crippen molar-refractivity contribution in [1.82, 2.24) is 24.6 Å². The van der Waals surface area contributed by atoms with E-state index in [1.54, 1.807) is 0 Å². The molecule has 0 aliphatic carbocycles. The second-order valence-corrected chi connectivity index (χ2v) is 7.45. The van der Waals surface area contributed by atoms with Gasteiger partial charge in [-0.3, -0.25) is 19.5 Å². The van der Waals surface area contributed by atoms with Crippen LogP contribution in [0.25, 0.3) is 11.4 Å². The Balaban J connectivity index is 1.32. The summed E-state index contributed by atoms with van der Waals surface area (Å²) in [5.41, 5.74) is 7.58. The van der Waals surface area contributed by atoms with Gasteiger partial charge >= 0.3 is 0 Å². The van der Waals surface area contributed by atoms with E-state index in [-0.39, 0.29) is 0 Å². The van der Waals surface area contributed by atoms with Gasteiger partial charge in [0.25, 0.3) is 0 Å². The van der Waals surface area contributed by atoms with Crippen LogP contribution in [0.1, 0.15) is 22.4 Å². The van der Waals surface area contributed by atoms with E-state index in [0.717, 1.165) is 50.7 Å². The van der Waals surface area contributed by atoms with E-state index >= 15 is 0 Å². The summed E-state index contributed by atoms with van der Waals surface area (Å²) in [6.45, 7) is 6.07. The van der Waals surface area contributed by atoms with E-state index in [9.17, 15) is 0 Å². The van der Waals surface area contributed by atoms with Gasteiger partial charge in [0, 0.05) is 38.9 Å². The maximum Gasteiger partial charge on any atom is 0.111 e. The van der Waals surface area contributed by atoms with Crippen molar-refractivity contribution in [2.24, 2.45) is 0 Å². The summed E-state index contributed by atoms with van der Waals surface area (Å²) >= 11 is 0. The average Bonchev–Trinajstić information content (AvgIpc) is 3.24. The standard InChI is InChI=1S/C21H23N5/c1-24-13-17-6-5-16(10-18(17)14-24)12-25-8-9-26-19(15-25)11-21(23-26)20-4-2-3-7-22-20/h2-7,10-11H,8-9,12-15H2,1H3. The third-order valence-electron chi connectivity index (χ3n) is 5.36. The van der Waals surface area contributed by atoms with Crippen molar-refractivity contribution in [1.29, 1.82) is 0 Å². The second kappa shape index (κ2) is 6.34. The maximum absolute atomic E-state index is 4.74. The molecule has 26 heavy (non-hydrogen) atoms.